The molecule has 0 bridgehead atoms. The molecule has 4 heteroatoms. The van der Waals surface area contributed by atoms with E-state index in [1.165, 1.54) is 11.1 Å². The van der Waals surface area contributed by atoms with Gasteiger partial charge in [0.15, 0.2) is 0 Å². The second kappa shape index (κ2) is 5.56. The highest BCUT2D eigenvalue weighted by Crippen LogP contribution is 2.45. The summed E-state index contributed by atoms with van der Waals surface area (Å²) < 4.78 is 5.47. The molecule has 0 N–H and O–H groups in total. The number of nitrogens with zero attached hydrogens (tertiary/aromatic N) is 2. The van der Waals surface area contributed by atoms with Crippen LogP contribution in [0.3, 0.4) is 0 Å². The summed E-state index contributed by atoms with van der Waals surface area (Å²) in [7, 11) is 0. The van der Waals surface area contributed by atoms with Gasteiger partial charge in [-0.3, -0.25) is 0 Å². The minimum absolute atomic E-state index is 0.208. The number of benzene rings is 1. The number of carbonyl (C=O) groups is 1. The van der Waals surface area contributed by atoms with Crippen molar-refractivity contribution in [2.45, 2.75) is 52.1 Å². The van der Waals surface area contributed by atoms with E-state index in [2.05, 4.69) is 12.1 Å². The highest BCUT2D eigenvalue weighted by atomic mass is 16.6. The predicted octanol–water partition coefficient (Wildman–Crippen LogP) is 3.67. The summed E-state index contributed by atoms with van der Waals surface area (Å²) in [5.74, 6) is 0. The van der Waals surface area contributed by atoms with Crippen molar-refractivity contribution in [3.63, 3.8) is 0 Å². The molecule has 0 aromatic heterocycles. The smallest absolute Gasteiger partial charge is 0.410 e. The third-order valence-electron chi connectivity index (χ3n) is 4.99. The summed E-state index contributed by atoms with van der Waals surface area (Å²) in [6.07, 6.45) is 3.74. The topological polar surface area (TPSA) is 53.3 Å². The first-order valence-electron chi connectivity index (χ1n) is 8.31. The summed E-state index contributed by atoms with van der Waals surface area (Å²) >= 11 is 0. The third kappa shape index (κ3) is 3.19. The molecular weight excluding hydrogens is 288 g/mol. The highest BCUT2D eigenvalue weighted by molar-refractivity contribution is 5.68. The molecule has 1 spiro atoms. The lowest BCUT2D eigenvalue weighted by Crippen LogP contribution is -2.45. The summed E-state index contributed by atoms with van der Waals surface area (Å²) in [5.41, 5.74) is 3.12. The standard InChI is InChI=1S/C19H24N2O2/c1-18(2,3)23-17(22)21-9-7-19(8-10-21)11-14-5-4-6-15(13-20)16(14)12-19/h4-6H,7-12H2,1-3H3. The fourth-order valence-corrected chi connectivity index (χ4v) is 3.80. The first-order valence-corrected chi connectivity index (χ1v) is 8.31. The van der Waals surface area contributed by atoms with E-state index in [1.807, 2.05) is 37.8 Å². The first-order chi connectivity index (χ1) is 10.8. The first kappa shape index (κ1) is 15.9. The van der Waals surface area contributed by atoms with Crippen LogP contribution < -0.4 is 0 Å². The van der Waals surface area contributed by atoms with Gasteiger partial charge in [0, 0.05) is 13.1 Å². The number of ether oxygens (including phenoxy) is 1. The van der Waals surface area contributed by atoms with E-state index in [1.54, 1.807) is 0 Å². The molecule has 1 aliphatic carbocycles. The number of amides is 1. The van der Waals surface area contributed by atoms with Crippen molar-refractivity contribution in [1.82, 2.24) is 4.90 Å². The number of carbonyl (C=O) groups excluding carboxylic acids is 1. The van der Waals surface area contributed by atoms with Crippen molar-refractivity contribution in [1.29, 1.82) is 5.26 Å². The van der Waals surface area contributed by atoms with E-state index in [0.717, 1.165) is 44.3 Å². The monoisotopic (exact) mass is 312 g/mol. The van der Waals surface area contributed by atoms with Crippen LogP contribution in [0.5, 0.6) is 0 Å². The van der Waals surface area contributed by atoms with Crippen molar-refractivity contribution in [3.8, 4) is 6.07 Å². The Kier molecular flexibility index (Phi) is 3.83. The van der Waals surface area contributed by atoms with Crippen molar-refractivity contribution >= 4 is 6.09 Å². The van der Waals surface area contributed by atoms with Crippen LogP contribution in [-0.2, 0) is 17.6 Å². The van der Waals surface area contributed by atoms with Crippen LogP contribution in [0.1, 0.15) is 50.3 Å². The van der Waals surface area contributed by atoms with E-state index in [-0.39, 0.29) is 11.5 Å². The van der Waals surface area contributed by atoms with E-state index >= 15 is 0 Å². The normalized spacial score (nSPS) is 19.3. The van der Waals surface area contributed by atoms with Crippen LogP contribution >= 0.6 is 0 Å². The zero-order valence-corrected chi connectivity index (χ0v) is 14.2. The molecule has 0 atom stereocenters. The van der Waals surface area contributed by atoms with Gasteiger partial charge < -0.3 is 9.64 Å². The summed E-state index contributed by atoms with van der Waals surface area (Å²) in [6, 6.07) is 8.35. The van der Waals surface area contributed by atoms with Gasteiger partial charge in [0.2, 0.25) is 0 Å². The van der Waals surface area contributed by atoms with Gasteiger partial charge in [0.05, 0.1) is 11.6 Å². The zero-order valence-electron chi connectivity index (χ0n) is 14.2. The van der Waals surface area contributed by atoms with Gasteiger partial charge in [-0.2, -0.15) is 5.26 Å². The van der Waals surface area contributed by atoms with E-state index in [0.29, 0.717) is 0 Å². The molecule has 1 aromatic carbocycles. The minimum atomic E-state index is -0.447. The average molecular weight is 312 g/mol. The van der Waals surface area contributed by atoms with Crippen molar-refractivity contribution in [2.24, 2.45) is 5.41 Å². The molecule has 23 heavy (non-hydrogen) atoms. The Labute approximate surface area is 138 Å². The van der Waals surface area contributed by atoms with Crippen LogP contribution in [-0.4, -0.2) is 29.7 Å². The Morgan fingerprint density at radius 3 is 2.57 bits per heavy atom. The zero-order chi connectivity index (χ0) is 16.7. The fraction of sp³-hybridized carbons (Fsp3) is 0.579. The molecule has 3 rings (SSSR count). The predicted molar refractivity (Wildman–Crippen MR) is 88.0 cm³/mol. The average Bonchev–Trinajstić information content (AvgIpc) is 2.83. The van der Waals surface area contributed by atoms with Gasteiger partial charge in [0.1, 0.15) is 5.60 Å². The second-order valence-corrected chi connectivity index (χ2v) is 7.88. The van der Waals surface area contributed by atoms with Crippen LogP contribution in [0.2, 0.25) is 0 Å². The van der Waals surface area contributed by atoms with Crippen molar-refractivity contribution in [3.05, 3.63) is 34.9 Å². The SMILES string of the molecule is CC(C)(C)OC(=O)N1CCC2(CC1)Cc1cccc(C#N)c1C2. The minimum Gasteiger partial charge on any atom is -0.444 e. The van der Waals surface area contributed by atoms with E-state index in [4.69, 9.17) is 4.74 Å². The molecule has 0 unspecified atom stereocenters. The van der Waals surface area contributed by atoms with Gasteiger partial charge in [0.25, 0.3) is 0 Å². The molecule has 1 heterocycles. The Morgan fingerprint density at radius 1 is 1.26 bits per heavy atom. The quantitative estimate of drug-likeness (QED) is 0.734. The van der Waals surface area contributed by atoms with Crippen LogP contribution in [0.15, 0.2) is 18.2 Å². The van der Waals surface area contributed by atoms with Gasteiger partial charge >= 0.3 is 6.09 Å². The van der Waals surface area contributed by atoms with Crippen molar-refractivity contribution in [2.75, 3.05) is 13.1 Å². The molecule has 1 fully saturated rings. The number of rotatable bonds is 0. The van der Waals surface area contributed by atoms with Gasteiger partial charge in [-0.05, 0) is 69.1 Å². The Hall–Kier alpha value is -2.02. The largest absolute Gasteiger partial charge is 0.444 e. The molecule has 0 saturated carbocycles. The maximum atomic E-state index is 12.2. The summed E-state index contributed by atoms with van der Waals surface area (Å²) in [4.78, 5) is 14.0. The van der Waals surface area contributed by atoms with Gasteiger partial charge in [-0.25, -0.2) is 4.79 Å². The molecule has 1 saturated heterocycles. The number of hydrogen-bond donors (Lipinski definition) is 0. The highest BCUT2D eigenvalue weighted by Gasteiger charge is 2.42. The van der Waals surface area contributed by atoms with E-state index < -0.39 is 5.60 Å². The molecule has 1 aromatic rings. The number of hydrogen-bond acceptors (Lipinski definition) is 3. The lowest BCUT2D eigenvalue weighted by molar-refractivity contribution is 0.0111. The number of likely N-dealkylation sites (tertiary alicyclic amines) is 1. The Bertz CT molecular complexity index is 659. The molecular formula is C19H24N2O2. The summed E-state index contributed by atoms with van der Waals surface area (Å²) in [5, 5.41) is 9.29. The van der Waals surface area contributed by atoms with Crippen LogP contribution in [0.4, 0.5) is 4.79 Å². The maximum Gasteiger partial charge on any atom is 0.410 e. The molecule has 1 aliphatic heterocycles. The van der Waals surface area contributed by atoms with E-state index in [9.17, 15) is 10.1 Å². The Morgan fingerprint density at radius 2 is 1.96 bits per heavy atom. The van der Waals surface area contributed by atoms with Gasteiger partial charge in [-0.15, -0.1) is 0 Å². The fourth-order valence-electron chi connectivity index (χ4n) is 3.80. The maximum absolute atomic E-state index is 12.2. The van der Waals surface area contributed by atoms with Crippen LogP contribution in [0, 0.1) is 16.7 Å². The van der Waals surface area contributed by atoms with Crippen molar-refractivity contribution < 1.29 is 9.53 Å². The van der Waals surface area contributed by atoms with Gasteiger partial charge in [-0.1, -0.05) is 12.1 Å². The molecule has 2 aliphatic rings. The molecule has 0 radical (unpaired) electrons. The molecule has 122 valence electrons. The van der Waals surface area contributed by atoms with Crippen LogP contribution in [0.25, 0.3) is 0 Å². The summed E-state index contributed by atoms with van der Waals surface area (Å²) in [6.45, 7) is 7.17. The number of piperidine rings is 1. The number of nitriles is 1. The third-order valence-corrected chi connectivity index (χ3v) is 4.99. The molecule has 1 amide bonds. The Balaban J connectivity index is 1.67. The number of fused-ring (bicyclic) bond motifs is 1. The lowest BCUT2D eigenvalue weighted by Gasteiger charge is -2.39. The second-order valence-electron chi connectivity index (χ2n) is 7.88. The lowest BCUT2D eigenvalue weighted by atomic mass is 9.76. The molecule has 4 nitrogen and oxygen atoms in total.